The van der Waals surface area contributed by atoms with Gasteiger partial charge in [0.1, 0.15) is 36.1 Å². The molecule has 0 radical (unpaired) electrons. The Kier molecular flexibility index (Phi) is 7.33. The summed E-state index contributed by atoms with van der Waals surface area (Å²) in [5.41, 5.74) is 6.54. The summed E-state index contributed by atoms with van der Waals surface area (Å²) in [5, 5.41) is 10.8. The zero-order valence-electron chi connectivity index (χ0n) is 18.4. The van der Waals surface area contributed by atoms with Crippen LogP contribution in [0.25, 0.3) is 10.9 Å². The van der Waals surface area contributed by atoms with Gasteiger partial charge in [-0.05, 0) is 38.9 Å². The molecule has 32 heavy (non-hydrogen) atoms. The second-order valence-corrected chi connectivity index (χ2v) is 8.29. The van der Waals surface area contributed by atoms with E-state index in [4.69, 9.17) is 25.4 Å². The predicted molar refractivity (Wildman–Crippen MR) is 124 cm³/mol. The van der Waals surface area contributed by atoms with Gasteiger partial charge in [-0.25, -0.2) is 15.0 Å². The third-order valence-corrected chi connectivity index (χ3v) is 5.91. The Labute approximate surface area is 187 Å². The molecule has 0 bridgehead atoms. The van der Waals surface area contributed by atoms with Crippen molar-refractivity contribution < 1.29 is 14.2 Å². The van der Waals surface area contributed by atoms with Gasteiger partial charge in [0.25, 0.3) is 0 Å². The molecule has 10 nitrogen and oxygen atoms in total. The van der Waals surface area contributed by atoms with E-state index in [0.29, 0.717) is 48.2 Å². The van der Waals surface area contributed by atoms with E-state index in [9.17, 15) is 0 Å². The van der Waals surface area contributed by atoms with Crippen LogP contribution in [-0.4, -0.2) is 73.2 Å². The number of nitrogens with zero attached hydrogens (tertiary/aromatic N) is 4. The van der Waals surface area contributed by atoms with Crippen LogP contribution >= 0.6 is 0 Å². The normalized spacial score (nSPS) is 19.1. The summed E-state index contributed by atoms with van der Waals surface area (Å²) < 4.78 is 18.0. The van der Waals surface area contributed by atoms with Crippen LogP contribution in [0, 0.1) is 11.3 Å². The fourth-order valence-electron chi connectivity index (χ4n) is 4.04. The van der Waals surface area contributed by atoms with Crippen molar-refractivity contribution in [2.45, 2.75) is 31.8 Å². The van der Waals surface area contributed by atoms with Crippen molar-refractivity contribution in [2.75, 3.05) is 45.3 Å². The van der Waals surface area contributed by atoms with Gasteiger partial charge in [-0.1, -0.05) is 0 Å². The maximum absolute atomic E-state index is 7.12. The molecule has 172 valence electrons. The maximum atomic E-state index is 7.12. The Bertz CT molecular complexity index is 954. The number of likely N-dealkylation sites (tertiary alicyclic amines) is 1. The largest absolute Gasteiger partial charge is 0.493 e. The quantitative estimate of drug-likeness (QED) is 0.440. The minimum Gasteiger partial charge on any atom is -0.493 e. The van der Waals surface area contributed by atoms with Crippen molar-refractivity contribution in [3.63, 3.8) is 0 Å². The summed E-state index contributed by atoms with van der Waals surface area (Å²) in [6.07, 6.45) is 6.28. The number of hydrogen-bond acceptors (Lipinski definition) is 7. The number of aliphatic imine (C=N–C) groups is 1. The molecule has 0 atom stereocenters. The van der Waals surface area contributed by atoms with Gasteiger partial charge in [-0.3, -0.25) is 5.41 Å². The molecule has 2 aromatic rings. The first kappa shape index (κ1) is 22.2. The van der Waals surface area contributed by atoms with E-state index in [1.54, 1.807) is 0 Å². The second kappa shape index (κ2) is 10.6. The molecule has 0 spiro atoms. The molecule has 2 aliphatic rings. The third-order valence-electron chi connectivity index (χ3n) is 5.91. The minimum atomic E-state index is 0.0386. The summed E-state index contributed by atoms with van der Waals surface area (Å²) in [6.45, 7) is 4.23. The van der Waals surface area contributed by atoms with Gasteiger partial charge in [0.05, 0.1) is 30.7 Å². The fourth-order valence-corrected chi connectivity index (χ4v) is 4.04. The van der Waals surface area contributed by atoms with Gasteiger partial charge >= 0.3 is 0 Å². The number of ether oxygens (including phenoxy) is 3. The number of nitrogens with one attached hydrogen (secondary N) is 2. The Balaban J connectivity index is 1.62. The van der Waals surface area contributed by atoms with E-state index >= 15 is 0 Å². The molecule has 2 saturated heterocycles. The number of aromatic nitrogens is 2. The van der Waals surface area contributed by atoms with Crippen LogP contribution in [0.4, 0.5) is 5.82 Å². The topological polar surface area (TPSA) is 131 Å². The summed E-state index contributed by atoms with van der Waals surface area (Å²) in [4.78, 5) is 14.9. The van der Waals surface area contributed by atoms with E-state index in [2.05, 4.69) is 32.2 Å². The number of benzene rings is 1. The first-order valence-electron chi connectivity index (χ1n) is 11.1. The van der Waals surface area contributed by atoms with Crippen LogP contribution in [0.5, 0.6) is 11.5 Å². The van der Waals surface area contributed by atoms with Gasteiger partial charge in [0.2, 0.25) is 0 Å². The molecule has 3 heterocycles. The van der Waals surface area contributed by atoms with Crippen molar-refractivity contribution in [3.05, 3.63) is 18.5 Å². The number of guanidine groups is 1. The first-order valence-corrected chi connectivity index (χ1v) is 11.1. The molecular formula is C22H31N7O3. The molecule has 0 saturated carbocycles. The van der Waals surface area contributed by atoms with Crippen LogP contribution in [0.2, 0.25) is 0 Å². The molecule has 0 unspecified atom stereocenters. The number of fused-ring (bicyclic) bond motifs is 1. The fraction of sp³-hybridized carbons (Fsp3) is 0.545. The highest BCUT2D eigenvalue weighted by atomic mass is 16.5. The summed E-state index contributed by atoms with van der Waals surface area (Å²) in [7, 11) is 2.16. The smallest absolute Gasteiger partial charge is 0.200 e. The van der Waals surface area contributed by atoms with Crippen molar-refractivity contribution in [1.29, 1.82) is 5.41 Å². The van der Waals surface area contributed by atoms with Crippen molar-refractivity contribution >= 4 is 29.0 Å². The van der Waals surface area contributed by atoms with Gasteiger partial charge in [-0.2, -0.15) is 0 Å². The highest BCUT2D eigenvalue weighted by Crippen LogP contribution is 2.36. The number of nitrogens with two attached hydrogens (primary N) is 1. The highest BCUT2D eigenvalue weighted by Gasteiger charge is 2.21. The lowest BCUT2D eigenvalue weighted by molar-refractivity contribution is 0.0261. The number of anilines is 1. The summed E-state index contributed by atoms with van der Waals surface area (Å²) in [5.74, 6) is 2.45. The number of piperidine rings is 1. The number of rotatable bonds is 7. The lowest BCUT2D eigenvalue weighted by atomic mass is 9.98. The third kappa shape index (κ3) is 5.63. The first-order chi connectivity index (χ1) is 15.6. The van der Waals surface area contributed by atoms with Crippen molar-refractivity contribution in [1.82, 2.24) is 14.9 Å². The van der Waals surface area contributed by atoms with Gasteiger partial charge in [0.15, 0.2) is 5.96 Å². The Morgan fingerprint density at radius 2 is 2.06 bits per heavy atom. The van der Waals surface area contributed by atoms with E-state index in [0.717, 1.165) is 50.9 Å². The zero-order valence-corrected chi connectivity index (χ0v) is 18.4. The molecule has 10 heteroatoms. The lowest BCUT2D eigenvalue weighted by Crippen LogP contribution is -2.32. The summed E-state index contributed by atoms with van der Waals surface area (Å²) in [6, 6.07) is 3.81. The van der Waals surface area contributed by atoms with E-state index in [1.807, 2.05) is 12.1 Å². The highest BCUT2D eigenvalue weighted by molar-refractivity contribution is 6.04. The van der Waals surface area contributed by atoms with Crippen LogP contribution in [0.15, 0.2) is 23.5 Å². The van der Waals surface area contributed by atoms with E-state index in [-0.39, 0.29) is 12.1 Å². The van der Waals surface area contributed by atoms with E-state index < -0.39 is 0 Å². The van der Waals surface area contributed by atoms with Crippen LogP contribution in [0.3, 0.4) is 0 Å². The SMILES string of the molecule is CN1CCC(COc2cc(OC3CCOCC3)c3c(N/C(N)=N/C=N)ncnc3c2)CC1. The molecular weight excluding hydrogens is 410 g/mol. The van der Waals surface area contributed by atoms with Gasteiger partial charge < -0.3 is 30.2 Å². The lowest BCUT2D eigenvalue weighted by Gasteiger charge is -2.29. The molecule has 4 N–H and O–H groups in total. The molecule has 4 rings (SSSR count). The van der Waals surface area contributed by atoms with Crippen molar-refractivity contribution in [2.24, 2.45) is 16.6 Å². The molecule has 2 aliphatic heterocycles. The van der Waals surface area contributed by atoms with Crippen LogP contribution < -0.4 is 20.5 Å². The standard InChI is InChI=1S/C22H31N7O3/c1-29-6-2-15(3-7-29)12-31-17-10-18-20(19(11-17)32-16-4-8-30-9-5-16)21(27-14-26-18)28-22(24)25-13-23/h10-11,13-16H,2-9,12H2,1H3,(H4,23,24,25,26,27,28). The average Bonchev–Trinajstić information content (AvgIpc) is 2.79. The predicted octanol–water partition coefficient (Wildman–Crippen LogP) is 2.24. The Morgan fingerprint density at radius 3 is 2.81 bits per heavy atom. The molecule has 0 amide bonds. The molecule has 2 fully saturated rings. The minimum absolute atomic E-state index is 0.0386. The monoisotopic (exact) mass is 441 g/mol. The molecule has 1 aromatic carbocycles. The average molecular weight is 442 g/mol. The van der Waals surface area contributed by atoms with Crippen molar-refractivity contribution in [3.8, 4) is 11.5 Å². The van der Waals surface area contributed by atoms with Crippen LogP contribution in [0.1, 0.15) is 25.7 Å². The second-order valence-electron chi connectivity index (χ2n) is 8.29. The maximum Gasteiger partial charge on any atom is 0.200 e. The van der Waals surface area contributed by atoms with E-state index in [1.165, 1.54) is 6.33 Å². The summed E-state index contributed by atoms with van der Waals surface area (Å²) >= 11 is 0. The number of hydrogen-bond donors (Lipinski definition) is 3. The van der Waals surface area contributed by atoms with Gasteiger partial charge in [0, 0.05) is 25.0 Å². The molecule has 0 aliphatic carbocycles. The van der Waals surface area contributed by atoms with Crippen LogP contribution in [-0.2, 0) is 4.74 Å². The molecule has 1 aromatic heterocycles. The van der Waals surface area contributed by atoms with Gasteiger partial charge in [-0.15, -0.1) is 0 Å². The Morgan fingerprint density at radius 1 is 1.28 bits per heavy atom. The Hall–Kier alpha value is -2.98. The zero-order chi connectivity index (χ0) is 22.3.